The number of esters is 1. The highest BCUT2D eigenvalue weighted by Crippen LogP contribution is 2.26. The number of benzene rings is 2. The van der Waals surface area contributed by atoms with Crippen LogP contribution < -0.4 is 4.74 Å². The summed E-state index contributed by atoms with van der Waals surface area (Å²) in [5, 5.41) is 10.1. The van der Waals surface area contributed by atoms with Crippen LogP contribution in [-0.4, -0.2) is 18.2 Å². The summed E-state index contributed by atoms with van der Waals surface area (Å²) >= 11 is 5.98. The quantitative estimate of drug-likeness (QED) is 0.673. The molecule has 22 heavy (non-hydrogen) atoms. The van der Waals surface area contributed by atoms with Crippen molar-refractivity contribution >= 4 is 23.6 Å². The average molecular weight is 319 g/mol. The van der Waals surface area contributed by atoms with Crippen molar-refractivity contribution in [2.24, 2.45) is 0 Å². The van der Waals surface area contributed by atoms with Crippen molar-refractivity contribution < 1.29 is 19.4 Å². The first kappa shape index (κ1) is 15.9. The van der Waals surface area contributed by atoms with Crippen molar-refractivity contribution in [2.75, 3.05) is 7.11 Å². The molecule has 0 aliphatic heterocycles. The minimum absolute atomic E-state index is 0.0425. The average Bonchev–Trinajstić information content (AvgIpc) is 2.53. The van der Waals surface area contributed by atoms with Crippen LogP contribution in [0, 0.1) is 0 Å². The fraction of sp³-hybridized carbons (Fsp3) is 0.118. The van der Waals surface area contributed by atoms with E-state index < -0.39 is 5.97 Å². The third-order valence-corrected chi connectivity index (χ3v) is 3.31. The predicted molar refractivity (Wildman–Crippen MR) is 84.9 cm³/mol. The van der Waals surface area contributed by atoms with E-state index in [9.17, 15) is 9.90 Å². The van der Waals surface area contributed by atoms with E-state index >= 15 is 0 Å². The molecule has 0 aliphatic rings. The Morgan fingerprint density at radius 1 is 1.27 bits per heavy atom. The van der Waals surface area contributed by atoms with Crippen molar-refractivity contribution in [1.82, 2.24) is 0 Å². The predicted octanol–water partition coefficient (Wildman–Crippen LogP) is 3.81. The lowest BCUT2D eigenvalue weighted by Crippen LogP contribution is -2.01. The molecule has 0 aromatic heterocycles. The molecule has 0 aliphatic carbocycles. The number of phenols is 1. The van der Waals surface area contributed by atoms with Gasteiger partial charge < -0.3 is 14.6 Å². The molecule has 0 fully saturated rings. The van der Waals surface area contributed by atoms with Gasteiger partial charge in [-0.15, -0.1) is 0 Å². The standard InChI is InChI=1S/C17H15ClO4/c1-21-16-10-12(6-8-15(16)19)7-9-17(20)22-11-13-4-2-3-5-14(13)18/h2-10,19H,11H2,1H3. The minimum atomic E-state index is -0.480. The van der Waals surface area contributed by atoms with Gasteiger partial charge in [-0.2, -0.15) is 0 Å². The van der Waals surface area contributed by atoms with E-state index in [0.717, 1.165) is 5.56 Å². The molecule has 5 heteroatoms. The molecular weight excluding hydrogens is 304 g/mol. The molecule has 0 radical (unpaired) electrons. The minimum Gasteiger partial charge on any atom is -0.504 e. The van der Waals surface area contributed by atoms with Gasteiger partial charge in [0.15, 0.2) is 11.5 Å². The Hall–Kier alpha value is -2.46. The van der Waals surface area contributed by atoms with Crippen LogP contribution >= 0.6 is 11.6 Å². The Bertz CT molecular complexity index is 695. The summed E-state index contributed by atoms with van der Waals surface area (Å²) in [7, 11) is 1.46. The number of ether oxygens (including phenoxy) is 2. The van der Waals surface area contributed by atoms with Gasteiger partial charge in [0.2, 0.25) is 0 Å². The van der Waals surface area contributed by atoms with Crippen LogP contribution in [-0.2, 0) is 16.1 Å². The number of halogens is 1. The fourth-order valence-electron chi connectivity index (χ4n) is 1.77. The van der Waals surface area contributed by atoms with Crippen LogP contribution in [0.15, 0.2) is 48.5 Å². The number of methoxy groups -OCH3 is 1. The van der Waals surface area contributed by atoms with Crippen LogP contribution in [0.2, 0.25) is 5.02 Å². The van der Waals surface area contributed by atoms with Gasteiger partial charge in [0.05, 0.1) is 7.11 Å². The van der Waals surface area contributed by atoms with E-state index in [-0.39, 0.29) is 12.4 Å². The smallest absolute Gasteiger partial charge is 0.331 e. The molecule has 0 spiro atoms. The lowest BCUT2D eigenvalue weighted by atomic mass is 10.2. The number of aromatic hydroxyl groups is 1. The number of rotatable bonds is 5. The molecule has 0 atom stereocenters. The van der Waals surface area contributed by atoms with E-state index in [4.69, 9.17) is 21.1 Å². The molecule has 0 bridgehead atoms. The summed E-state index contributed by atoms with van der Waals surface area (Å²) in [6.07, 6.45) is 2.89. The van der Waals surface area contributed by atoms with Gasteiger partial charge in [0.25, 0.3) is 0 Å². The molecule has 0 unspecified atom stereocenters. The maximum absolute atomic E-state index is 11.7. The monoisotopic (exact) mass is 318 g/mol. The highest BCUT2D eigenvalue weighted by atomic mass is 35.5. The van der Waals surface area contributed by atoms with Gasteiger partial charge in [-0.1, -0.05) is 35.9 Å². The molecule has 0 amide bonds. The highest BCUT2D eigenvalue weighted by molar-refractivity contribution is 6.31. The zero-order valence-corrected chi connectivity index (χ0v) is 12.7. The van der Waals surface area contributed by atoms with Crippen LogP contribution in [0.3, 0.4) is 0 Å². The number of phenolic OH excluding ortho intramolecular Hbond substituents is 1. The lowest BCUT2D eigenvalue weighted by Gasteiger charge is -2.05. The van der Waals surface area contributed by atoms with Gasteiger partial charge in [-0.25, -0.2) is 4.79 Å². The van der Waals surface area contributed by atoms with Crippen molar-refractivity contribution in [1.29, 1.82) is 0 Å². The Morgan fingerprint density at radius 3 is 2.77 bits per heavy atom. The van der Waals surface area contributed by atoms with Crippen molar-refractivity contribution in [3.05, 3.63) is 64.7 Å². The maximum atomic E-state index is 11.7. The molecule has 4 nitrogen and oxygen atoms in total. The Balaban J connectivity index is 1.95. The first-order chi connectivity index (χ1) is 10.6. The maximum Gasteiger partial charge on any atom is 0.331 e. The van der Waals surface area contributed by atoms with E-state index in [1.807, 2.05) is 12.1 Å². The largest absolute Gasteiger partial charge is 0.504 e. The molecule has 0 heterocycles. The van der Waals surface area contributed by atoms with Crippen LogP contribution in [0.25, 0.3) is 6.08 Å². The normalized spacial score (nSPS) is 10.6. The highest BCUT2D eigenvalue weighted by Gasteiger charge is 2.04. The summed E-state index contributed by atoms with van der Waals surface area (Å²) in [6, 6.07) is 11.9. The molecule has 2 aromatic carbocycles. The summed E-state index contributed by atoms with van der Waals surface area (Å²) in [5.74, 6) is -0.0977. The van der Waals surface area contributed by atoms with E-state index in [1.54, 1.807) is 30.3 Å². The van der Waals surface area contributed by atoms with Crippen molar-refractivity contribution in [3.63, 3.8) is 0 Å². The molecule has 0 saturated carbocycles. The lowest BCUT2D eigenvalue weighted by molar-refractivity contribution is -0.138. The number of carbonyl (C=O) groups is 1. The number of carbonyl (C=O) groups excluding carboxylic acids is 1. The third-order valence-electron chi connectivity index (χ3n) is 2.94. The second-order valence-corrected chi connectivity index (χ2v) is 4.87. The molecule has 114 valence electrons. The second-order valence-electron chi connectivity index (χ2n) is 4.46. The van der Waals surface area contributed by atoms with Gasteiger partial charge in [-0.3, -0.25) is 0 Å². The zero-order valence-electron chi connectivity index (χ0n) is 12.0. The third kappa shape index (κ3) is 4.27. The Kier molecular flexibility index (Phi) is 5.44. The summed E-state index contributed by atoms with van der Waals surface area (Å²) in [6.45, 7) is 0.113. The van der Waals surface area contributed by atoms with E-state index in [1.165, 1.54) is 19.3 Å². The van der Waals surface area contributed by atoms with E-state index in [0.29, 0.717) is 16.3 Å². The molecule has 1 N–H and O–H groups in total. The van der Waals surface area contributed by atoms with Gasteiger partial charge in [-0.05, 0) is 29.8 Å². The van der Waals surface area contributed by atoms with E-state index in [2.05, 4.69) is 0 Å². The van der Waals surface area contributed by atoms with Crippen molar-refractivity contribution in [2.45, 2.75) is 6.61 Å². The van der Waals surface area contributed by atoms with Crippen LogP contribution in [0.1, 0.15) is 11.1 Å². The Morgan fingerprint density at radius 2 is 2.05 bits per heavy atom. The first-order valence-electron chi connectivity index (χ1n) is 6.55. The van der Waals surface area contributed by atoms with Crippen LogP contribution in [0.5, 0.6) is 11.5 Å². The molecule has 2 aromatic rings. The zero-order chi connectivity index (χ0) is 15.9. The first-order valence-corrected chi connectivity index (χ1v) is 6.93. The second kappa shape index (κ2) is 7.52. The van der Waals surface area contributed by atoms with Crippen molar-refractivity contribution in [3.8, 4) is 11.5 Å². The summed E-state index contributed by atoms with van der Waals surface area (Å²) in [4.78, 5) is 11.7. The number of hydrogen-bond acceptors (Lipinski definition) is 4. The molecular formula is C17H15ClO4. The number of hydrogen-bond donors (Lipinski definition) is 1. The Labute approximate surface area is 133 Å². The fourth-order valence-corrected chi connectivity index (χ4v) is 1.96. The van der Waals surface area contributed by atoms with Crippen LogP contribution in [0.4, 0.5) is 0 Å². The van der Waals surface area contributed by atoms with Gasteiger partial charge in [0, 0.05) is 16.7 Å². The summed E-state index contributed by atoms with van der Waals surface area (Å²) in [5.41, 5.74) is 1.46. The van der Waals surface area contributed by atoms with Gasteiger partial charge in [0.1, 0.15) is 6.61 Å². The SMILES string of the molecule is COc1cc(C=CC(=O)OCc2ccccc2Cl)ccc1O. The summed E-state index contributed by atoms with van der Waals surface area (Å²) < 4.78 is 10.1. The van der Waals surface area contributed by atoms with Gasteiger partial charge >= 0.3 is 5.97 Å². The molecule has 0 saturated heterocycles. The topological polar surface area (TPSA) is 55.8 Å². The molecule has 2 rings (SSSR count).